The molecular weight excluding hydrogens is 260 g/mol. The first kappa shape index (κ1) is 12.3. The summed E-state index contributed by atoms with van der Waals surface area (Å²) >= 11 is 6.09. The van der Waals surface area contributed by atoms with E-state index in [2.05, 4.69) is 0 Å². The van der Waals surface area contributed by atoms with Crippen LogP contribution in [-0.4, -0.2) is 5.11 Å². The molecule has 2 aromatic carbocycles. The van der Waals surface area contributed by atoms with Crippen LogP contribution in [0.2, 0.25) is 5.02 Å². The second-order valence-electron chi connectivity index (χ2n) is 4.71. The highest BCUT2D eigenvalue weighted by atomic mass is 35.5. The molecule has 3 aromatic rings. The van der Waals surface area contributed by atoms with Crippen LogP contribution in [0.5, 0.6) is 0 Å². The van der Waals surface area contributed by atoms with Crippen molar-refractivity contribution >= 4 is 22.6 Å². The molecular formula is C16H13ClO2. The summed E-state index contributed by atoms with van der Waals surface area (Å²) in [5, 5.41) is 12.1. The Kier molecular flexibility index (Phi) is 2.85. The maximum atomic E-state index is 10.7. The van der Waals surface area contributed by atoms with E-state index < -0.39 is 5.60 Å². The van der Waals surface area contributed by atoms with Crippen molar-refractivity contribution in [1.29, 1.82) is 0 Å². The smallest absolute Gasteiger partial charge is 0.153 e. The van der Waals surface area contributed by atoms with Crippen LogP contribution in [0.4, 0.5) is 0 Å². The van der Waals surface area contributed by atoms with E-state index in [-0.39, 0.29) is 0 Å². The SMILES string of the molecule is CC(O)(c1ccccc1)c1cc2cccc(Cl)c2o1. The van der Waals surface area contributed by atoms with Crippen LogP contribution in [-0.2, 0) is 5.60 Å². The third-order valence-electron chi connectivity index (χ3n) is 3.31. The Morgan fingerprint density at radius 2 is 1.79 bits per heavy atom. The Labute approximate surface area is 116 Å². The summed E-state index contributed by atoms with van der Waals surface area (Å²) in [6, 6.07) is 16.8. The van der Waals surface area contributed by atoms with Crippen LogP contribution >= 0.6 is 11.6 Å². The summed E-state index contributed by atoms with van der Waals surface area (Å²) in [6.07, 6.45) is 0. The predicted octanol–water partition coefficient (Wildman–Crippen LogP) is 4.34. The highest BCUT2D eigenvalue weighted by Gasteiger charge is 2.29. The van der Waals surface area contributed by atoms with Crippen LogP contribution in [0.15, 0.2) is 59.0 Å². The fraction of sp³-hybridized carbons (Fsp3) is 0.125. The Hall–Kier alpha value is -1.77. The molecule has 1 heterocycles. The standard InChI is InChI=1S/C16H13ClO2/c1-16(18,12-7-3-2-4-8-12)14-10-11-6-5-9-13(17)15(11)19-14/h2-10,18H,1H3. The Morgan fingerprint density at radius 1 is 1.05 bits per heavy atom. The number of hydrogen-bond acceptors (Lipinski definition) is 2. The first-order valence-electron chi connectivity index (χ1n) is 6.05. The molecule has 1 N–H and O–H groups in total. The van der Waals surface area contributed by atoms with Gasteiger partial charge in [-0.2, -0.15) is 0 Å². The zero-order valence-corrected chi connectivity index (χ0v) is 11.2. The second-order valence-corrected chi connectivity index (χ2v) is 5.11. The fourth-order valence-corrected chi connectivity index (χ4v) is 2.39. The van der Waals surface area contributed by atoms with Crippen LogP contribution in [0.25, 0.3) is 11.0 Å². The minimum Gasteiger partial charge on any atom is -0.456 e. The summed E-state index contributed by atoms with van der Waals surface area (Å²) < 4.78 is 5.74. The molecule has 0 radical (unpaired) electrons. The molecule has 3 heteroatoms. The molecule has 0 aliphatic carbocycles. The van der Waals surface area contributed by atoms with E-state index in [1.54, 1.807) is 13.0 Å². The zero-order chi connectivity index (χ0) is 13.5. The van der Waals surface area contributed by atoms with Gasteiger partial charge in [0.25, 0.3) is 0 Å². The topological polar surface area (TPSA) is 33.4 Å². The van der Waals surface area contributed by atoms with Gasteiger partial charge in [0.15, 0.2) is 5.58 Å². The number of para-hydroxylation sites is 1. The van der Waals surface area contributed by atoms with Crippen LogP contribution in [0.1, 0.15) is 18.2 Å². The van der Waals surface area contributed by atoms with Crippen molar-refractivity contribution in [2.24, 2.45) is 0 Å². The average molecular weight is 273 g/mol. The van der Waals surface area contributed by atoms with Gasteiger partial charge in [-0.1, -0.05) is 54.1 Å². The van der Waals surface area contributed by atoms with E-state index in [1.807, 2.05) is 48.5 Å². The number of furan rings is 1. The number of benzene rings is 2. The maximum absolute atomic E-state index is 10.7. The normalized spacial score (nSPS) is 14.5. The van der Waals surface area contributed by atoms with Gasteiger partial charge >= 0.3 is 0 Å². The van der Waals surface area contributed by atoms with Crippen LogP contribution in [0, 0.1) is 0 Å². The molecule has 0 amide bonds. The summed E-state index contributed by atoms with van der Waals surface area (Å²) in [7, 11) is 0. The van der Waals surface area contributed by atoms with Crippen LogP contribution in [0.3, 0.4) is 0 Å². The van der Waals surface area contributed by atoms with E-state index in [9.17, 15) is 5.11 Å². The lowest BCUT2D eigenvalue weighted by Gasteiger charge is -2.21. The van der Waals surface area contributed by atoms with E-state index in [0.29, 0.717) is 16.4 Å². The quantitative estimate of drug-likeness (QED) is 0.753. The molecule has 1 aromatic heterocycles. The summed E-state index contributed by atoms with van der Waals surface area (Å²) in [5.41, 5.74) is 0.212. The summed E-state index contributed by atoms with van der Waals surface area (Å²) in [4.78, 5) is 0. The second kappa shape index (κ2) is 4.41. The summed E-state index contributed by atoms with van der Waals surface area (Å²) in [5.74, 6) is 0.488. The van der Waals surface area contributed by atoms with Gasteiger partial charge in [0.05, 0.1) is 5.02 Å². The Bertz CT molecular complexity index is 714. The first-order valence-corrected chi connectivity index (χ1v) is 6.43. The van der Waals surface area contributed by atoms with Gasteiger partial charge < -0.3 is 9.52 Å². The van der Waals surface area contributed by atoms with E-state index in [0.717, 1.165) is 10.9 Å². The molecule has 0 spiro atoms. The minimum atomic E-state index is -1.18. The van der Waals surface area contributed by atoms with Crippen molar-refractivity contribution in [3.8, 4) is 0 Å². The third kappa shape index (κ3) is 2.03. The van der Waals surface area contributed by atoms with Gasteiger partial charge in [-0.15, -0.1) is 0 Å². The molecule has 0 aliphatic heterocycles. The molecule has 0 fully saturated rings. The largest absolute Gasteiger partial charge is 0.456 e. The van der Waals surface area contributed by atoms with Crippen molar-refractivity contribution in [3.63, 3.8) is 0 Å². The van der Waals surface area contributed by atoms with Crippen molar-refractivity contribution in [3.05, 3.63) is 70.9 Å². The van der Waals surface area contributed by atoms with Crippen molar-refractivity contribution < 1.29 is 9.52 Å². The average Bonchev–Trinajstić information content (AvgIpc) is 2.86. The number of hydrogen-bond donors (Lipinski definition) is 1. The predicted molar refractivity (Wildman–Crippen MR) is 76.3 cm³/mol. The van der Waals surface area contributed by atoms with Crippen molar-refractivity contribution in [2.75, 3.05) is 0 Å². The maximum Gasteiger partial charge on any atom is 0.153 e. The van der Waals surface area contributed by atoms with Gasteiger partial charge in [-0.3, -0.25) is 0 Å². The number of halogens is 1. The molecule has 19 heavy (non-hydrogen) atoms. The minimum absolute atomic E-state index is 0.488. The van der Waals surface area contributed by atoms with Gasteiger partial charge in [-0.05, 0) is 24.6 Å². The van der Waals surface area contributed by atoms with Crippen LogP contribution < -0.4 is 0 Å². The Morgan fingerprint density at radius 3 is 2.47 bits per heavy atom. The molecule has 1 atom stereocenters. The highest BCUT2D eigenvalue weighted by molar-refractivity contribution is 6.34. The zero-order valence-electron chi connectivity index (χ0n) is 10.4. The molecule has 96 valence electrons. The van der Waals surface area contributed by atoms with Crippen molar-refractivity contribution in [2.45, 2.75) is 12.5 Å². The molecule has 0 aliphatic rings. The molecule has 1 unspecified atom stereocenters. The van der Waals surface area contributed by atoms with Gasteiger partial charge in [0, 0.05) is 5.39 Å². The van der Waals surface area contributed by atoms with Gasteiger partial charge in [-0.25, -0.2) is 0 Å². The van der Waals surface area contributed by atoms with Gasteiger partial charge in [0.2, 0.25) is 0 Å². The lowest BCUT2D eigenvalue weighted by molar-refractivity contribution is 0.0786. The molecule has 3 rings (SSSR count). The van der Waals surface area contributed by atoms with Crippen molar-refractivity contribution in [1.82, 2.24) is 0 Å². The molecule has 2 nitrogen and oxygen atoms in total. The third-order valence-corrected chi connectivity index (χ3v) is 3.61. The van der Waals surface area contributed by atoms with Gasteiger partial charge in [0.1, 0.15) is 11.4 Å². The highest BCUT2D eigenvalue weighted by Crippen LogP contribution is 2.35. The monoisotopic (exact) mass is 272 g/mol. The number of fused-ring (bicyclic) bond motifs is 1. The molecule has 0 saturated carbocycles. The van der Waals surface area contributed by atoms with E-state index >= 15 is 0 Å². The fourth-order valence-electron chi connectivity index (χ4n) is 2.17. The first-order chi connectivity index (χ1) is 9.09. The number of rotatable bonds is 2. The van der Waals surface area contributed by atoms with E-state index in [1.165, 1.54) is 0 Å². The lowest BCUT2D eigenvalue weighted by atomic mass is 9.93. The lowest BCUT2D eigenvalue weighted by Crippen LogP contribution is -2.21. The van der Waals surface area contributed by atoms with E-state index in [4.69, 9.17) is 16.0 Å². The number of aliphatic hydroxyl groups is 1. The Balaban J connectivity index is 2.16. The summed E-state index contributed by atoms with van der Waals surface area (Å²) in [6.45, 7) is 1.72. The molecule has 0 saturated heterocycles. The molecule has 0 bridgehead atoms.